The summed E-state index contributed by atoms with van der Waals surface area (Å²) in [6.07, 6.45) is 0. The Hall–Kier alpha value is -16.0. The van der Waals surface area contributed by atoms with E-state index in [9.17, 15) is 0 Å². The van der Waals surface area contributed by atoms with E-state index in [-0.39, 0.29) is 0 Å². The van der Waals surface area contributed by atoms with Crippen molar-refractivity contribution in [1.82, 2.24) is 0 Å². The van der Waals surface area contributed by atoms with Crippen LogP contribution in [0.2, 0.25) is 0 Å². The fraction of sp³-hybridized carbons (Fsp3) is 0.0164. The van der Waals surface area contributed by atoms with Gasteiger partial charge in [-0.05, 0) is 184 Å². The highest BCUT2D eigenvalue weighted by Crippen LogP contribution is 2.61. The van der Waals surface area contributed by atoms with E-state index in [0.717, 1.165) is 72.8 Å². The number of para-hydroxylation sites is 4. The van der Waals surface area contributed by atoms with Gasteiger partial charge >= 0.3 is 0 Å². The van der Waals surface area contributed by atoms with Crippen molar-refractivity contribution in [2.45, 2.75) is 10.8 Å². The molecule has 592 valence electrons. The fourth-order valence-electron chi connectivity index (χ4n) is 20.3. The van der Waals surface area contributed by atoms with Crippen LogP contribution in [-0.2, 0) is 10.8 Å². The molecule has 0 N–H and O–H groups in total. The number of benzene rings is 20. The van der Waals surface area contributed by atoms with E-state index in [2.05, 4.69) is 501 Å². The Kier molecular flexibility index (Phi) is 18.9. The normalized spacial score (nSPS) is 12.6. The Labute approximate surface area is 738 Å². The molecule has 0 saturated carbocycles. The van der Waals surface area contributed by atoms with Crippen LogP contribution in [0.3, 0.4) is 0 Å². The molecule has 0 atom stereocenters. The summed E-state index contributed by atoms with van der Waals surface area (Å²) >= 11 is 1.88. The number of fused-ring (bicyclic) bond motifs is 12. The van der Waals surface area contributed by atoms with Crippen molar-refractivity contribution in [3.63, 3.8) is 0 Å². The molecule has 4 heteroatoms. The van der Waals surface area contributed by atoms with Gasteiger partial charge in [-0.3, -0.25) is 0 Å². The summed E-state index contributed by atoms with van der Waals surface area (Å²) in [6, 6.07) is 182. The summed E-state index contributed by atoms with van der Waals surface area (Å²) in [7, 11) is 0. The molecule has 0 saturated heterocycles. The zero-order chi connectivity index (χ0) is 83.5. The predicted octanol–water partition coefficient (Wildman–Crippen LogP) is 33.3. The monoisotopic (exact) mass is 1620 g/mol. The average molecular weight is 1620 g/mol. The van der Waals surface area contributed by atoms with Crippen molar-refractivity contribution in [1.29, 1.82) is 0 Å². The second kappa shape index (κ2) is 31.8. The van der Waals surface area contributed by atoms with E-state index >= 15 is 0 Å². The van der Waals surface area contributed by atoms with Crippen molar-refractivity contribution >= 4 is 87.6 Å². The van der Waals surface area contributed by atoms with Crippen molar-refractivity contribution in [3.8, 4) is 89.0 Å². The summed E-state index contributed by atoms with van der Waals surface area (Å²) in [4.78, 5) is 4.91. The lowest BCUT2D eigenvalue weighted by Crippen LogP contribution is -2.28. The lowest BCUT2D eigenvalue weighted by Gasteiger charge is -2.35. The average Bonchev–Trinajstić information content (AvgIpc) is 1.54. The summed E-state index contributed by atoms with van der Waals surface area (Å²) in [5.41, 5.74) is 36.6. The number of rotatable bonds is 16. The first-order valence-corrected chi connectivity index (χ1v) is 44.2. The minimum Gasteiger partial charge on any atom is -0.455 e. The van der Waals surface area contributed by atoms with Crippen molar-refractivity contribution in [3.05, 3.63) is 542 Å². The molecule has 0 amide bonds. The van der Waals surface area contributed by atoms with E-state index in [0.29, 0.717) is 0 Å². The zero-order valence-corrected chi connectivity index (χ0v) is 69.9. The summed E-state index contributed by atoms with van der Waals surface area (Å²) < 4.78 is 9.30. The summed E-state index contributed by atoms with van der Waals surface area (Å²) in [5.74, 6) is 0. The van der Waals surface area contributed by atoms with Gasteiger partial charge in [-0.1, -0.05) is 425 Å². The SMILES string of the molecule is c1ccc(-c2ccc(-c3ccc(N(c4ccc5c(c4)C(c4ccccc4)(c4ccccc4)c4ccccc4-5)c4ccccc4-c4cccc5c4oc4ccccc45)cc3)cc2)cc1.c1ccc(-c2ccc(-c3ccc(N(c4ccc5c(c4)C(c4ccccc4)(c4ccccc4)c4ccccc4-5)c4ccccc4-c4cccc5c4sc4ccccc45)cc3)cc2)cc1. The molecule has 2 aromatic heterocycles. The maximum atomic E-state index is 6.69. The van der Waals surface area contributed by atoms with Crippen LogP contribution in [0.1, 0.15) is 44.5 Å². The molecular formula is C122H82N2OS. The molecule has 0 spiro atoms. The number of nitrogens with zero attached hydrogens (tertiary/aromatic N) is 2. The fourth-order valence-corrected chi connectivity index (χ4v) is 21.5. The largest absolute Gasteiger partial charge is 0.455 e. The third-order valence-corrected chi connectivity index (χ3v) is 27.2. The van der Waals surface area contributed by atoms with Gasteiger partial charge in [0.2, 0.25) is 0 Å². The number of furan rings is 1. The smallest absolute Gasteiger partial charge is 0.143 e. The van der Waals surface area contributed by atoms with Crippen molar-refractivity contribution in [2.24, 2.45) is 0 Å². The van der Waals surface area contributed by atoms with Gasteiger partial charge in [-0.15, -0.1) is 11.3 Å². The molecule has 22 aromatic rings. The van der Waals surface area contributed by atoms with Gasteiger partial charge < -0.3 is 14.2 Å². The predicted molar refractivity (Wildman–Crippen MR) is 530 cm³/mol. The molecule has 0 bridgehead atoms. The topological polar surface area (TPSA) is 19.6 Å². The molecule has 0 aliphatic heterocycles. The van der Waals surface area contributed by atoms with E-state index in [4.69, 9.17) is 4.42 Å². The van der Waals surface area contributed by atoms with Gasteiger partial charge in [-0.25, -0.2) is 0 Å². The number of hydrogen-bond acceptors (Lipinski definition) is 4. The third-order valence-electron chi connectivity index (χ3n) is 26.0. The highest BCUT2D eigenvalue weighted by molar-refractivity contribution is 7.26. The van der Waals surface area contributed by atoms with E-state index in [1.807, 2.05) is 17.4 Å². The molecule has 20 aromatic carbocycles. The van der Waals surface area contributed by atoms with E-state index in [1.165, 1.54) is 137 Å². The molecule has 2 aliphatic rings. The lowest BCUT2D eigenvalue weighted by atomic mass is 9.67. The molecule has 24 rings (SSSR count). The van der Waals surface area contributed by atoms with Crippen molar-refractivity contribution < 1.29 is 4.42 Å². The molecule has 0 radical (unpaired) electrons. The van der Waals surface area contributed by atoms with Gasteiger partial charge in [0.05, 0.1) is 22.2 Å². The van der Waals surface area contributed by atoms with Crippen LogP contribution in [0.25, 0.3) is 131 Å². The Balaban J connectivity index is 0.000000145. The summed E-state index contributed by atoms with van der Waals surface area (Å²) in [5, 5.41) is 4.82. The number of thiophene rings is 1. The van der Waals surface area contributed by atoms with Gasteiger partial charge in [0.15, 0.2) is 0 Å². The first kappa shape index (κ1) is 75.0. The van der Waals surface area contributed by atoms with Crippen LogP contribution in [0.5, 0.6) is 0 Å². The van der Waals surface area contributed by atoms with Gasteiger partial charge in [0.1, 0.15) is 11.2 Å². The maximum absolute atomic E-state index is 6.69. The molecule has 2 heterocycles. The van der Waals surface area contributed by atoms with E-state index in [1.54, 1.807) is 0 Å². The quantitative estimate of drug-likeness (QED) is 0.0961. The van der Waals surface area contributed by atoms with Gasteiger partial charge in [-0.2, -0.15) is 0 Å². The molecule has 0 unspecified atom stereocenters. The molecule has 126 heavy (non-hydrogen) atoms. The maximum Gasteiger partial charge on any atom is 0.143 e. The standard InChI is InChI=1S/C61H41NO.C61H41NS/c2*1-4-17-42(18-5-1)43-31-33-44(34-32-43)45-35-37-48(38-36-45)62(58-29-14-11-24-52(58)54-26-16-27-55-53-25-12-15-30-59(53)63-60(54)55)49-39-40-51-50-23-10-13-28-56(50)61(57(51)41-49,46-19-6-2-7-20-46)47-21-8-3-9-22-47/h2*1-41H. The third kappa shape index (κ3) is 12.7. The minimum atomic E-state index is -0.536. The minimum absolute atomic E-state index is 0.520. The zero-order valence-electron chi connectivity index (χ0n) is 69.1. The molecule has 2 aliphatic carbocycles. The van der Waals surface area contributed by atoms with E-state index < -0.39 is 10.8 Å². The van der Waals surface area contributed by atoms with Crippen LogP contribution in [-0.4, -0.2) is 0 Å². The molecule has 0 fully saturated rings. The first-order valence-electron chi connectivity index (χ1n) is 43.3. The Morgan fingerprint density at radius 3 is 0.937 bits per heavy atom. The lowest BCUT2D eigenvalue weighted by molar-refractivity contribution is 0.670. The van der Waals surface area contributed by atoms with Crippen LogP contribution in [0.15, 0.2) is 502 Å². The van der Waals surface area contributed by atoms with Crippen molar-refractivity contribution in [2.75, 3.05) is 9.80 Å². The Morgan fingerprint density at radius 1 is 0.190 bits per heavy atom. The van der Waals surface area contributed by atoms with Crippen LogP contribution in [0, 0.1) is 0 Å². The van der Waals surface area contributed by atoms with Gasteiger partial charge in [0, 0.05) is 75.9 Å². The summed E-state index contributed by atoms with van der Waals surface area (Å²) in [6.45, 7) is 0. The Bertz CT molecular complexity index is 7240. The second-order valence-electron chi connectivity index (χ2n) is 32.8. The highest BCUT2D eigenvalue weighted by Gasteiger charge is 2.48. The number of hydrogen-bond donors (Lipinski definition) is 0. The number of anilines is 6. The van der Waals surface area contributed by atoms with Crippen LogP contribution >= 0.6 is 11.3 Å². The molecule has 3 nitrogen and oxygen atoms in total. The van der Waals surface area contributed by atoms with Crippen LogP contribution < -0.4 is 9.80 Å². The molecular weight excluding hydrogens is 1540 g/mol. The highest BCUT2D eigenvalue weighted by atomic mass is 32.1. The first-order chi connectivity index (χ1) is 62.5. The Morgan fingerprint density at radius 2 is 0.492 bits per heavy atom. The van der Waals surface area contributed by atoms with Crippen LogP contribution in [0.4, 0.5) is 34.1 Å². The second-order valence-corrected chi connectivity index (χ2v) is 33.8. The van der Waals surface area contributed by atoms with Gasteiger partial charge in [0.25, 0.3) is 0 Å².